The highest BCUT2D eigenvalue weighted by atomic mass is 32.1. The standard InChI is InChI=1S/C30H37N3OS/c1-21(2)33(22(3)4)30(34)26-10-8-24(9-11-26)29(27-6-5-7-28(31)18-27)25-12-15-32(16-13-25)19-23-14-17-35-20-23/h5-11,14,17-18,20-22H,12-13,15-16,19,31H2,1-4H3. The molecule has 1 amide bonds. The minimum absolute atomic E-state index is 0.0847. The number of nitrogens with zero attached hydrogens (tertiary/aromatic N) is 2. The number of rotatable bonds is 7. The predicted molar refractivity (Wildman–Crippen MR) is 149 cm³/mol. The number of thiophene rings is 1. The second-order valence-corrected chi connectivity index (χ2v) is 10.8. The summed E-state index contributed by atoms with van der Waals surface area (Å²) in [6.07, 6.45) is 2.06. The Morgan fingerprint density at radius 1 is 0.943 bits per heavy atom. The van der Waals surface area contributed by atoms with Gasteiger partial charge >= 0.3 is 0 Å². The van der Waals surface area contributed by atoms with Gasteiger partial charge in [-0.3, -0.25) is 9.69 Å². The first kappa shape index (κ1) is 25.2. The molecule has 2 aromatic carbocycles. The van der Waals surface area contributed by atoms with Crippen molar-refractivity contribution in [3.05, 3.63) is 93.2 Å². The van der Waals surface area contributed by atoms with Gasteiger partial charge in [-0.2, -0.15) is 11.3 Å². The molecule has 1 aliphatic heterocycles. The van der Waals surface area contributed by atoms with Crippen molar-refractivity contribution in [2.45, 2.75) is 59.2 Å². The van der Waals surface area contributed by atoms with Crippen LogP contribution in [0.2, 0.25) is 0 Å². The molecule has 0 spiro atoms. The maximum atomic E-state index is 13.2. The molecule has 35 heavy (non-hydrogen) atoms. The zero-order chi connectivity index (χ0) is 24.9. The fourth-order valence-corrected chi connectivity index (χ4v) is 5.79. The van der Waals surface area contributed by atoms with Gasteiger partial charge in [0.1, 0.15) is 0 Å². The van der Waals surface area contributed by atoms with Gasteiger partial charge in [0.25, 0.3) is 5.91 Å². The van der Waals surface area contributed by atoms with E-state index in [9.17, 15) is 4.79 Å². The molecule has 1 aliphatic rings. The average Bonchev–Trinajstić information content (AvgIpc) is 3.33. The molecule has 4 nitrogen and oxygen atoms in total. The highest BCUT2D eigenvalue weighted by Gasteiger charge is 2.23. The van der Waals surface area contributed by atoms with E-state index >= 15 is 0 Å². The second kappa shape index (κ2) is 11.2. The quantitative estimate of drug-likeness (QED) is 0.378. The lowest BCUT2D eigenvalue weighted by atomic mass is 9.87. The second-order valence-electron chi connectivity index (χ2n) is 9.99. The largest absolute Gasteiger partial charge is 0.399 e. The minimum atomic E-state index is 0.0847. The monoisotopic (exact) mass is 487 g/mol. The molecule has 4 rings (SSSR count). The Kier molecular flexibility index (Phi) is 8.09. The van der Waals surface area contributed by atoms with E-state index in [0.29, 0.717) is 0 Å². The van der Waals surface area contributed by atoms with Crippen molar-refractivity contribution in [3.63, 3.8) is 0 Å². The van der Waals surface area contributed by atoms with E-state index in [-0.39, 0.29) is 18.0 Å². The van der Waals surface area contributed by atoms with Gasteiger partial charge < -0.3 is 10.6 Å². The Labute approximate surface area is 214 Å². The number of benzene rings is 2. The van der Waals surface area contributed by atoms with E-state index in [1.807, 2.05) is 29.2 Å². The van der Waals surface area contributed by atoms with Crippen molar-refractivity contribution < 1.29 is 4.79 Å². The summed E-state index contributed by atoms with van der Waals surface area (Å²) in [5, 5.41) is 4.39. The van der Waals surface area contributed by atoms with E-state index in [0.717, 1.165) is 54.9 Å². The smallest absolute Gasteiger partial charge is 0.254 e. The van der Waals surface area contributed by atoms with Crippen LogP contribution in [0.5, 0.6) is 0 Å². The van der Waals surface area contributed by atoms with Gasteiger partial charge in [-0.05, 0) is 104 Å². The van der Waals surface area contributed by atoms with Gasteiger partial charge in [0, 0.05) is 43.0 Å². The Morgan fingerprint density at radius 3 is 2.17 bits per heavy atom. The SMILES string of the molecule is CC(C)N(C(=O)c1ccc(C(=C2CCN(Cc3ccsc3)CC2)c2cccc(N)c2)cc1)C(C)C. The Balaban J connectivity index is 1.62. The first-order chi connectivity index (χ1) is 16.8. The fourth-order valence-electron chi connectivity index (χ4n) is 5.13. The third kappa shape index (κ3) is 6.03. The van der Waals surface area contributed by atoms with E-state index in [4.69, 9.17) is 5.73 Å². The van der Waals surface area contributed by atoms with E-state index in [1.54, 1.807) is 11.3 Å². The Morgan fingerprint density at radius 2 is 1.60 bits per heavy atom. The van der Waals surface area contributed by atoms with E-state index < -0.39 is 0 Å². The molecule has 1 aromatic heterocycles. The number of nitrogen functional groups attached to an aromatic ring is 1. The van der Waals surface area contributed by atoms with Crippen LogP contribution in [0.15, 0.2) is 70.9 Å². The number of piperidine rings is 1. The van der Waals surface area contributed by atoms with Crippen LogP contribution in [-0.2, 0) is 6.54 Å². The van der Waals surface area contributed by atoms with Gasteiger partial charge in [0.05, 0.1) is 0 Å². The van der Waals surface area contributed by atoms with Crippen molar-refractivity contribution in [3.8, 4) is 0 Å². The Bertz CT molecular complexity index is 1140. The number of carbonyl (C=O) groups excluding carboxylic acids is 1. The van der Waals surface area contributed by atoms with E-state index in [2.05, 4.69) is 73.7 Å². The molecule has 2 N–H and O–H groups in total. The number of nitrogens with two attached hydrogens (primary N) is 1. The van der Waals surface area contributed by atoms with Gasteiger partial charge in [0.15, 0.2) is 0 Å². The molecule has 2 heterocycles. The van der Waals surface area contributed by atoms with Crippen LogP contribution in [0.3, 0.4) is 0 Å². The van der Waals surface area contributed by atoms with Crippen molar-refractivity contribution in [1.29, 1.82) is 0 Å². The van der Waals surface area contributed by atoms with Gasteiger partial charge in [-0.1, -0.05) is 29.8 Å². The van der Waals surface area contributed by atoms with Gasteiger partial charge in [-0.15, -0.1) is 0 Å². The van der Waals surface area contributed by atoms with Gasteiger partial charge in [0.2, 0.25) is 0 Å². The van der Waals surface area contributed by atoms with Crippen LogP contribution in [0.1, 0.15) is 67.6 Å². The fraction of sp³-hybridized carbons (Fsp3) is 0.367. The molecule has 0 bridgehead atoms. The highest BCUT2D eigenvalue weighted by molar-refractivity contribution is 7.07. The van der Waals surface area contributed by atoms with Crippen LogP contribution in [0.4, 0.5) is 5.69 Å². The maximum absolute atomic E-state index is 13.2. The third-order valence-corrected chi connectivity index (χ3v) is 7.47. The summed E-state index contributed by atoms with van der Waals surface area (Å²) in [5.74, 6) is 0.0847. The molecule has 0 aliphatic carbocycles. The minimum Gasteiger partial charge on any atom is -0.399 e. The summed E-state index contributed by atoms with van der Waals surface area (Å²) >= 11 is 1.76. The summed E-state index contributed by atoms with van der Waals surface area (Å²) < 4.78 is 0. The molecule has 1 saturated heterocycles. The predicted octanol–water partition coefficient (Wildman–Crippen LogP) is 6.69. The van der Waals surface area contributed by atoms with Crippen molar-refractivity contribution in [1.82, 2.24) is 9.80 Å². The average molecular weight is 488 g/mol. The number of amides is 1. The molecule has 0 atom stereocenters. The zero-order valence-corrected chi connectivity index (χ0v) is 22.1. The molecule has 184 valence electrons. The number of hydrogen-bond donors (Lipinski definition) is 1. The maximum Gasteiger partial charge on any atom is 0.254 e. The molecular weight excluding hydrogens is 450 g/mol. The lowest BCUT2D eigenvalue weighted by molar-refractivity contribution is 0.0643. The van der Waals surface area contributed by atoms with E-state index in [1.165, 1.54) is 16.7 Å². The number of likely N-dealkylation sites (tertiary alicyclic amines) is 1. The van der Waals surface area contributed by atoms with Crippen LogP contribution in [0.25, 0.3) is 5.57 Å². The molecule has 0 radical (unpaired) electrons. The van der Waals surface area contributed by atoms with Crippen LogP contribution in [-0.4, -0.2) is 40.9 Å². The number of anilines is 1. The molecular formula is C30H37N3OS. The first-order valence-electron chi connectivity index (χ1n) is 12.6. The summed E-state index contributed by atoms with van der Waals surface area (Å²) in [7, 11) is 0. The third-order valence-electron chi connectivity index (χ3n) is 6.74. The summed E-state index contributed by atoms with van der Waals surface area (Å²) in [6, 6.07) is 18.9. The summed E-state index contributed by atoms with van der Waals surface area (Å²) in [4.78, 5) is 17.7. The summed E-state index contributed by atoms with van der Waals surface area (Å²) in [6.45, 7) is 11.4. The van der Waals surface area contributed by atoms with Gasteiger partial charge in [-0.25, -0.2) is 0 Å². The number of hydrogen-bond acceptors (Lipinski definition) is 4. The Hall–Kier alpha value is -2.89. The van der Waals surface area contributed by atoms with Crippen LogP contribution in [0, 0.1) is 0 Å². The van der Waals surface area contributed by atoms with Crippen LogP contribution < -0.4 is 5.73 Å². The molecule has 0 saturated carbocycles. The molecule has 3 aromatic rings. The highest BCUT2D eigenvalue weighted by Crippen LogP contribution is 2.34. The normalized spacial score (nSPS) is 14.5. The summed E-state index contributed by atoms with van der Waals surface area (Å²) in [5.41, 5.74) is 14.1. The van der Waals surface area contributed by atoms with Crippen molar-refractivity contribution >= 4 is 28.5 Å². The number of carbonyl (C=O) groups is 1. The first-order valence-corrected chi connectivity index (χ1v) is 13.5. The lowest BCUT2D eigenvalue weighted by Crippen LogP contribution is -2.42. The topological polar surface area (TPSA) is 49.6 Å². The van der Waals surface area contributed by atoms with Crippen molar-refractivity contribution in [2.75, 3.05) is 18.8 Å². The van der Waals surface area contributed by atoms with Crippen molar-refractivity contribution in [2.24, 2.45) is 0 Å². The zero-order valence-electron chi connectivity index (χ0n) is 21.3. The lowest BCUT2D eigenvalue weighted by Gasteiger charge is -2.31. The molecule has 0 unspecified atom stereocenters. The molecule has 1 fully saturated rings. The molecule has 5 heteroatoms. The van der Waals surface area contributed by atoms with Crippen LogP contribution >= 0.6 is 11.3 Å².